The first-order valence-electron chi connectivity index (χ1n) is 8.99. The number of hydrogen-bond donors (Lipinski definition) is 4. The zero-order valence-corrected chi connectivity index (χ0v) is 15.6. The molecule has 3 aromatic rings. The lowest BCUT2D eigenvalue weighted by Gasteiger charge is -2.25. The van der Waals surface area contributed by atoms with E-state index in [0.717, 1.165) is 16.8 Å². The van der Waals surface area contributed by atoms with Gasteiger partial charge in [-0.1, -0.05) is 12.1 Å². The van der Waals surface area contributed by atoms with Gasteiger partial charge in [0.2, 0.25) is 0 Å². The number of rotatable bonds is 4. The monoisotopic (exact) mass is 389 g/mol. The topological polar surface area (TPSA) is 132 Å². The maximum atomic E-state index is 10.1. The second-order valence-electron chi connectivity index (χ2n) is 6.67. The van der Waals surface area contributed by atoms with Gasteiger partial charge in [0.15, 0.2) is 6.35 Å². The van der Waals surface area contributed by atoms with Crippen LogP contribution < -0.4 is 10.6 Å². The molecule has 0 saturated heterocycles. The quantitative estimate of drug-likeness (QED) is 0.513. The number of nitrogens with zero attached hydrogens (tertiary/aromatic N) is 5. The second-order valence-corrected chi connectivity index (χ2v) is 6.67. The average molecular weight is 389 g/mol. The third kappa shape index (κ3) is 4.00. The van der Waals surface area contributed by atoms with Gasteiger partial charge in [-0.15, -0.1) is 0 Å². The van der Waals surface area contributed by atoms with Gasteiger partial charge in [0, 0.05) is 23.5 Å². The number of nitrogens with one attached hydrogen (secondary N) is 2. The molecule has 1 aliphatic rings. The standard InChI is InChI=1S/C20H19N7O2/c1-12-15(8-18(25-24-12)16-10-22-20(29)23-19(16)28)17-6-7-27(26-17)11-14-4-2-13(9-21)3-5-14/h2-8,10,19-20,22-23,28-29H,11H2,1H3. The molecule has 1 aromatic carbocycles. The fourth-order valence-corrected chi connectivity index (χ4v) is 3.07. The number of aryl methyl sites for hydroxylation is 1. The third-order valence-electron chi connectivity index (χ3n) is 4.63. The summed E-state index contributed by atoms with van der Waals surface area (Å²) in [4.78, 5) is 0. The van der Waals surface area contributed by atoms with Crippen LogP contribution >= 0.6 is 0 Å². The summed E-state index contributed by atoms with van der Waals surface area (Å²) in [5.74, 6) is 0. The molecule has 29 heavy (non-hydrogen) atoms. The van der Waals surface area contributed by atoms with Crippen LogP contribution in [0.1, 0.15) is 22.5 Å². The maximum absolute atomic E-state index is 10.1. The molecular formula is C20H19N7O2. The summed E-state index contributed by atoms with van der Waals surface area (Å²) in [6, 6.07) is 13.2. The van der Waals surface area contributed by atoms with Crippen molar-refractivity contribution in [2.75, 3.05) is 0 Å². The van der Waals surface area contributed by atoms with Gasteiger partial charge in [-0.2, -0.15) is 20.6 Å². The molecule has 2 aromatic heterocycles. The molecule has 3 heterocycles. The van der Waals surface area contributed by atoms with Crippen molar-refractivity contribution in [3.05, 3.63) is 71.3 Å². The Morgan fingerprint density at radius 2 is 1.93 bits per heavy atom. The first-order chi connectivity index (χ1) is 14.0. The number of aromatic nitrogens is 4. The van der Waals surface area contributed by atoms with E-state index in [9.17, 15) is 10.2 Å². The Kier molecular flexibility index (Phi) is 5.05. The van der Waals surface area contributed by atoms with E-state index in [-0.39, 0.29) is 0 Å². The zero-order chi connectivity index (χ0) is 20.4. The molecule has 0 amide bonds. The normalized spacial score (nSPS) is 18.6. The Balaban J connectivity index is 1.59. The van der Waals surface area contributed by atoms with Crippen molar-refractivity contribution in [2.24, 2.45) is 0 Å². The third-order valence-corrected chi connectivity index (χ3v) is 4.63. The number of nitriles is 1. The van der Waals surface area contributed by atoms with E-state index in [0.29, 0.717) is 29.1 Å². The molecule has 2 atom stereocenters. The first kappa shape index (κ1) is 18.8. The first-order valence-corrected chi connectivity index (χ1v) is 8.99. The molecule has 9 heteroatoms. The highest BCUT2D eigenvalue weighted by molar-refractivity contribution is 5.71. The number of hydrogen-bond acceptors (Lipinski definition) is 8. The Morgan fingerprint density at radius 3 is 2.66 bits per heavy atom. The molecule has 1 aliphatic heterocycles. The molecule has 9 nitrogen and oxygen atoms in total. The fourth-order valence-electron chi connectivity index (χ4n) is 3.07. The van der Waals surface area contributed by atoms with Crippen molar-refractivity contribution in [2.45, 2.75) is 26.0 Å². The van der Waals surface area contributed by atoms with E-state index in [2.05, 4.69) is 32.0 Å². The predicted molar refractivity (Wildman–Crippen MR) is 105 cm³/mol. The number of aliphatic hydroxyl groups excluding tert-OH is 2. The lowest BCUT2D eigenvalue weighted by Crippen LogP contribution is -2.49. The van der Waals surface area contributed by atoms with Crippen LogP contribution in [0.4, 0.5) is 0 Å². The second kappa shape index (κ2) is 7.81. The highest BCUT2D eigenvalue weighted by Gasteiger charge is 2.23. The van der Waals surface area contributed by atoms with Crippen molar-refractivity contribution in [3.8, 4) is 17.3 Å². The molecule has 0 bridgehead atoms. The minimum Gasteiger partial charge on any atom is -0.374 e. The van der Waals surface area contributed by atoms with Crippen LogP contribution in [0.2, 0.25) is 0 Å². The van der Waals surface area contributed by atoms with E-state index >= 15 is 0 Å². The zero-order valence-electron chi connectivity index (χ0n) is 15.6. The Bertz CT molecular complexity index is 1100. The van der Waals surface area contributed by atoms with E-state index in [4.69, 9.17) is 5.26 Å². The Hall–Kier alpha value is -3.58. The molecule has 2 unspecified atom stereocenters. The van der Waals surface area contributed by atoms with Gasteiger partial charge in [0.25, 0.3) is 0 Å². The van der Waals surface area contributed by atoms with Crippen molar-refractivity contribution in [1.29, 1.82) is 5.26 Å². The van der Waals surface area contributed by atoms with E-state index < -0.39 is 12.6 Å². The summed E-state index contributed by atoms with van der Waals surface area (Å²) in [5, 5.41) is 46.8. The van der Waals surface area contributed by atoms with E-state index in [1.165, 1.54) is 6.20 Å². The van der Waals surface area contributed by atoms with Gasteiger partial charge in [-0.3, -0.25) is 4.68 Å². The Morgan fingerprint density at radius 1 is 1.14 bits per heavy atom. The summed E-state index contributed by atoms with van der Waals surface area (Å²) < 4.78 is 1.81. The van der Waals surface area contributed by atoms with Crippen molar-refractivity contribution in [3.63, 3.8) is 0 Å². The number of aliphatic hydroxyl groups is 2. The van der Waals surface area contributed by atoms with Gasteiger partial charge in [0.1, 0.15) is 6.23 Å². The van der Waals surface area contributed by atoms with Gasteiger partial charge in [-0.05, 0) is 36.8 Å². The molecule has 4 N–H and O–H groups in total. The summed E-state index contributed by atoms with van der Waals surface area (Å²) in [6.45, 7) is 2.42. The molecular weight excluding hydrogens is 370 g/mol. The van der Waals surface area contributed by atoms with Crippen molar-refractivity contribution < 1.29 is 10.2 Å². The molecule has 0 saturated carbocycles. The van der Waals surface area contributed by atoms with Crippen LogP contribution in [0.3, 0.4) is 0 Å². The maximum Gasteiger partial charge on any atom is 0.183 e. The van der Waals surface area contributed by atoms with Crippen LogP contribution in [-0.2, 0) is 6.54 Å². The molecule has 0 radical (unpaired) electrons. The van der Waals surface area contributed by atoms with Crippen LogP contribution in [0.5, 0.6) is 0 Å². The Labute approximate surface area is 167 Å². The highest BCUT2D eigenvalue weighted by Crippen LogP contribution is 2.25. The molecule has 0 spiro atoms. The van der Waals surface area contributed by atoms with Gasteiger partial charge >= 0.3 is 0 Å². The van der Waals surface area contributed by atoms with Gasteiger partial charge in [-0.25, -0.2) is 5.32 Å². The molecule has 146 valence electrons. The minimum absolute atomic E-state index is 0.473. The summed E-state index contributed by atoms with van der Waals surface area (Å²) >= 11 is 0. The van der Waals surface area contributed by atoms with Crippen LogP contribution in [0.15, 0.2) is 48.8 Å². The van der Waals surface area contributed by atoms with E-state index in [1.807, 2.05) is 42.1 Å². The number of benzene rings is 1. The molecule has 0 fully saturated rings. The average Bonchev–Trinajstić information content (AvgIpc) is 3.17. The minimum atomic E-state index is -1.06. The van der Waals surface area contributed by atoms with E-state index in [1.54, 1.807) is 12.1 Å². The van der Waals surface area contributed by atoms with Crippen LogP contribution in [0, 0.1) is 18.3 Å². The highest BCUT2D eigenvalue weighted by atomic mass is 16.3. The SMILES string of the molecule is Cc1nnc(C2=CNC(O)NC2O)cc1-c1ccn(Cc2ccc(C#N)cc2)n1. The molecule has 0 aliphatic carbocycles. The van der Waals surface area contributed by atoms with Crippen molar-refractivity contribution in [1.82, 2.24) is 30.6 Å². The molecule has 4 rings (SSSR count). The largest absolute Gasteiger partial charge is 0.374 e. The summed E-state index contributed by atoms with van der Waals surface area (Å²) in [7, 11) is 0. The smallest absolute Gasteiger partial charge is 0.183 e. The lowest BCUT2D eigenvalue weighted by atomic mass is 10.1. The lowest BCUT2D eigenvalue weighted by molar-refractivity contribution is 0.0482. The van der Waals surface area contributed by atoms with Gasteiger partial charge in [0.05, 0.1) is 35.3 Å². The fraction of sp³-hybridized carbons (Fsp3) is 0.200. The summed E-state index contributed by atoms with van der Waals surface area (Å²) in [5.41, 5.74) is 4.86. The van der Waals surface area contributed by atoms with Crippen molar-refractivity contribution >= 4 is 5.57 Å². The summed E-state index contributed by atoms with van der Waals surface area (Å²) in [6.07, 6.45) is 1.30. The predicted octanol–water partition coefficient (Wildman–Crippen LogP) is 0.696. The van der Waals surface area contributed by atoms with Crippen LogP contribution in [-0.4, -0.2) is 42.8 Å². The van der Waals surface area contributed by atoms with Crippen LogP contribution in [0.25, 0.3) is 16.8 Å². The van der Waals surface area contributed by atoms with Gasteiger partial charge < -0.3 is 15.5 Å².